The molecule has 1 aliphatic heterocycles. The van der Waals surface area contributed by atoms with Gasteiger partial charge in [-0.25, -0.2) is 8.42 Å². The zero-order chi connectivity index (χ0) is 21.3. The Morgan fingerprint density at radius 2 is 2.03 bits per heavy atom. The lowest BCUT2D eigenvalue weighted by atomic mass is 9.91. The fourth-order valence-corrected chi connectivity index (χ4v) is 6.58. The fraction of sp³-hybridized carbons (Fsp3) is 0.409. The molecule has 3 N–H and O–H groups in total. The van der Waals surface area contributed by atoms with Crippen molar-refractivity contribution in [3.05, 3.63) is 46.5 Å². The highest BCUT2D eigenvalue weighted by Gasteiger charge is 2.27. The second-order valence-electron chi connectivity index (χ2n) is 7.69. The Hall–Kier alpha value is -2.16. The predicted molar refractivity (Wildman–Crippen MR) is 121 cm³/mol. The molecule has 1 aromatic carbocycles. The van der Waals surface area contributed by atoms with Gasteiger partial charge in [-0.15, -0.1) is 11.3 Å². The molecule has 2 aromatic heterocycles. The van der Waals surface area contributed by atoms with Crippen LogP contribution in [0.25, 0.3) is 21.3 Å². The summed E-state index contributed by atoms with van der Waals surface area (Å²) in [5, 5.41) is 0.954. The summed E-state index contributed by atoms with van der Waals surface area (Å²) >= 11 is 1.69. The number of hydrogen-bond acceptors (Lipinski definition) is 5. The highest BCUT2D eigenvalue weighted by atomic mass is 32.2. The number of nitrogens with two attached hydrogens (primary N) is 1. The molecular weight excluding hydrogens is 420 g/mol. The highest BCUT2D eigenvalue weighted by molar-refractivity contribution is 7.91. The van der Waals surface area contributed by atoms with E-state index in [0.717, 1.165) is 33.3 Å². The van der Waals surface area contributed by atoms with E-state index in [4.69, 9.17) is 10.5 Å². The van der Waals surface area contributed by atoms with Gasteiger partial charge in [-0.2, -0.15) is 0 Å². The maximum absolute atomic E-state index is 12.2. The van der Waals surface area contributed by atoms with Crippen LogP contribution in [0.4, 0.5) is 0 Å². The van der Waals surface area contributed by atoms with Gasteiger partial charge in [-0.1, -0.05) is 0 Å². The Kier molecular flexibility index (Phi) is 5.99. The molecule has 0 atom stereocenters. The minimum Gasteiger partial charge on any atom is -0.381 e. The molecule has 3 heterocycles. The number of sulfone groups is 1. The number of aromatic amines is 1. The van der Waals surface area contributed by atoms with E-state index in [9.17, 15) is 13.2 Å². The molecule has 0 aliphatic carbocycles. The van der Waals surface area contributed by atoms with Gasteiger partial charge in [0.1, 0.15) is 9.84 Å². The molecule has 0 radical (unpaired) electrons. The second kappa shape index (κ2) is 8.53. The van der Waals surface area contributed by atoms with E-state index in [-0.39, 0.29) is 17.4 Å². The number of nitrogens with one attached hydrogen (secondary N) is 1. The van der Waals surface area contributed by atoms with Gasteiger partial charge >= 0.3 is 0 Å². The first-order valence-corrected chi connectivity index (χ1v) is 12.8. The summed E-state index contributed by atoms with van der Waals surface area (Å²) in [7, 11) is -2.93. The van der Waals surface area contributed by atoms with Crippen molar-refractivity contribution in [3.63, 3.8) is 0 Å². The lowest BCUT2D eigenvalue weighted by Gasteiger charge is -2.21. The molecule has 0 saturated carbocycles. The van der Waals surface area contributed by atoms with Crippen LogP contribution < -0.4 is 5.73 Å². The average molecular weight is 447 g/mol. The van der Waals surface area contributed by atoms with E-state index in [1.807, 2.05) is 19.2 Å². The molecule has 0 spiro atoms. The fourth-order valence-electron chi connectivity index (χ4n) is 4.11. The number of carbonyl (C=O) groups is 1. The van der Waals surface area contributed by atoms with Gasteiger partial charge in [-0.05, 0) is 61.1 Å². The maximum Gasteiger partial charge on any atom is 0.250 e. The van der Waals surface area contributed by atoms with Crippen LogP contribution in [0.1, 0.15) is 46.5 Å². The molecule has 1 amide bonds. The number of aromatic nitrogens is 1. The first-order valence-electron chi connectivity index (χ1n) is 10.2. The van der Waals surface area contributed by atoms with Crippen LogP contribution in [0.15, 0.2) is 30.5 Å². The van der Waals surface area contributed by atoms with E-state index < -0.39 is 15.7 Å². The van der Waals surface area contributed by atoms with Crippen molar-refractivity contribution in [1.29, 1.82) is 0 Å². The van der Waals surface area contributed by atoms with Gasteiger partial charge in [0.05, 0.1) is 29.2 Å². The minimum atomic E-state index is -2.93. The standard InChI is InChI=1S/C22H26N2O4S2/c1-2-28-8-5-16-3-4-20(29-16)15-11-17-19(14-6-9-30(26,27)10-7-14)13-24-21(17)18(12-15)22(23)25/h3-4,11-14,24H,2,5-10H2,1H3,(H2,23,25). The van der Waals surface area contributed by atoms with Crippen LogP contribution in [-0.2, 0) is 21.0 Å². The number of amides is 1. The first-order chi connectivity index (χ1) is 14.4. The number of benzene rings is 1. The van der Waals surface area contributed by atoms with Gasteiger partial charge in [0.25, 0.3) is 5.91 Å². The van der Waals surface area contributed by atoms with Crippen LogP contribution in [0.2, 0.25) is 0 Å². The molecule has 3 aromatic rings. The van der Waals surface area contributed by atoms with Gasteiger partial charge in [0.15, 0.2) is 0 Å². The summed E-state index contributed by atoms with van der Waals surface area (Å²) in [6.45, 7) is 3.38. The number of thiophene rings is 1. The van der Waals surface area contributed by atoms with Gasteiger partial charge < -0.3 is 15.5 Å². The summed E-state index contributed by atoms with van der Waals surface area (Å²) < 4.78 is 29.1. The van der Waals surface area contributed by atoms with Crippen LogP contribution in [-0.4, -0.2) is 44.0 Å². The summed E-state index contributed by atoms with van der Waals surface area (Å²) in [6.07, 6.45) is 3.97. The van der Waals surface area contributed by atoms with Gasteiger partial charge in [-0.3, -0.25) is 4.79 Å². The molecule has 1 saturated heterocycles. The molecule has 4 rings (SSSR count). The van der Waals surface area contributed by atoms with Crippen LogP contribution >= 0.6 is 11.3 Å². The monoisotopic (exact) mass is 446 g/mol. The van der Waals surface area contributed by atoms with E-state index in [1.54, 1.807) is 11.3 Å². The zero-order valence-corrected chi connectivity index (χ0v) is 18.6. The molecule has 6 nitrogen and oxygen atoms in total. The van der Waals surface area contributed by atoms with E-state index in [1.165, 1.54) is 4.88 Å². The highest BCUT2D eigenvalue weighted by Crippen LogP contribution is 2.38. The Bertz CT molecular complexity index is 1160. The smallest absolute Gasteiger partial charge is 0.250 e. The number of H-pyrrole nitrogens is 1. The number of hydrogen-bond donors (Lipinski definition) is 2. The third-order valence-corrected chi connectivity index (χ3v) is 8.63. The average Bonchev–Trinajstić information content (AvgIpc) is 3.34. The van der Waals surface area contributed by atoms with E-state index >= 15 is 0 Å². The quantitative estimate of drug-likeness (QED) is 0.538. The van der Waals surface area contributed by atoms with Crippen molar-refractivity contribution < 1.29 is 17.9 Å². The summed E-state index contributed by atoms with van der Waals surface area (Å²) in [4.78, 5) is 17.7. The van der Waals surface area contributed by atoms with Gasteiger partial charge in [0, 0.05) is 34.4 Å². The van der Waals surface area contributed by atoms with Gasteiger partial charge in [0.2, 0.25) is 0 Å². The molecule has 8 heteroatoms. The SMILES string of the molecule is CCOCCc1ccc(-c2cc(C(N)=O)c3[nH]cc(C4CCS(=O)(=O)CC4)c3c2)s1. The van der Waals surface area contributed by atoms with Crippen molar-refractivity contribution in [3.8, 4) is 10.4 Å². The molecule has 30 heavy (non-hydrogen) atoms. The number of rotatable bonds is 7. The third kappa shape index (κ3) is 4.31. The minimum absolute atomic E-state index is 0.156. The normalized spacial score (nSPS) is 16.8. The third-order valence-electron chi connectivity index (χ3n) is 5.72. The van der Waals surface area contributed by atoms with E-state index in [0.29, 0.717) is 31.6 Å². The summed E-state index contributed by atoms with van der Waals surface area (Å²) in [5.74, 6) is 0.0969. The Balaban J connectivity index is 1.72. The number of carbonyl (C=O) groups excluding carboxylic acids is 1. The lowest BCUT2D eigenvalue weighted by Crippen LogP contribution is -2.22. The molecule has 160 valence electrons. The van der Waals surface area contributed by atoms with Crippen molar-refractivity contribution in [2.75, 3.05) is 24.7 Å². The molecule has 1 fully saturated rings. The summed E-state index contributed by atoms with van der Waals surface area (Å²) in [5.41, 5.74) is 8.89. The topological polar surface area (TPSA) is 102 Å². The molecule has 0 unspecified atom stereocenters. The Morgan fingerprint density at radius 1 is 1.27 bits per heavy atom. The molecule has 1 aliphatic rings. The van der Waals surface area contributed by atoms with Crippen molar-refractivity contribution >= 4 is 38.0 Å². The predicted octanol–water partition coefficient (Wildman–Crippen LogP) is 3.87. The lowest BCUT2D eigenvalue weighted by molar-refractivity contribution is 0.100. The Morgan fingerprint density at radius 3 is 2.73 bits per heavy atom. The number of fused-ring (bicyclic) bond motifs is 1. The summed E-state index contributed by atoms with van der Waals surface area (Å²) in [6, 6.07) is 8.10. The zero-order valence-electron chi connectivity index (χ0n) is 16.9. The van der Waals surface area contributed by atoms with Crippen LogP contribution in [0.5, 0.6) is 0 Å². The maximum atomic E-state index is 12.2. The largest absolute Gasteiger partial charge is 0.381 e. The first kappa shape index (κ1) is 21.1. The van der Waals surface area contributed by atoms with E-state index in [2.05, 4.69) is 23.2 Å². The van der Waals surface area contributed by atoms with Crippen LogP contribution in [0.3, 0.4) is 0 Å². The Labute approximate surface area is 180 Å². The van der Waals surface area contributed by atoms with Crippen molar-refractivity contribution in [2.24, 2.45) is 5.73 Å². The van der Waals surface area contributed by atoms with Crippen molar-refractivity contribution in [1.82, 2.24) is 4.98 Å². The van der Waals surface area contributed by atoms with Crippen molar-refractivity contribution in [2.45, 2.75) is 32.1 Å². The number of primary amides is 1. The second-order valence-corrected chi connectivity index (χ2v) is 11.2. The molecule has 0 bridgehead atoms. The van der Waals surface area contributed by atoms with Crippen LogP contribution in [0, 0.1) is 0 Å². The molecular formula is C22H26N2O4S2. The number of ether oxygens (including phenoxy) is 1.